The number of carboxylic acids is 1. The first-order chi connectivity index (χ1) is 8.11. The molecule has 0 saturated carbocycles. The Morgan fingerprint density at radius 2 is 2.35 bits per heavy atom. The smallest absolute Gasteiger partial charge is 0.315 e. The van der Waals surface area contributed by atoms with E-state index in [1.165, 1.54) is 11.3 Å². The second kappa shape index (κ2) is 6.85. The zero-order valence-electron chi connectivity index (χ0n) is 9.47. The molecule has 7 heteroatoms. The zero-order chi connectivity index (χ0) is 12.7. The van der Waals surface area contributed by atoms with Crippen molar-refractivity contribution < 1.29 is 14.7 Å². The maximum Gasteiger partial charge on any atom is 0.315 e. The third-order valence-corrected chi connectivity index (χ3v) is 2.80. The van der Waals surface area contributed by atoms with Crippen LogP contribution in [0.5, 0.6) is 0 Å². The number of hydrogen-bond donors (Lipinski definition) is 3. The molecule has 1 aromatic rings. The number of urea groups is 1. The van der Waals surface area contributed by atoms with Gasteiger partial charge >= 0.3 is 12.0 Å². The molecule has 0 fully saturated rings. The van der Waals surface area contributed by atoms with Crippen molar-refractivity contribution in [2.75, 3.05) is 0 Å². The van der Waals surface area contributed by atoms with E-state index in [2.05, 4.69) is 15.6 Å². The lowest BCUT2D eigenvalue weighted by molar-refractivity contribution is -0.137. The summed E-state index contributed by atoms with van der Waals surface area (Å²) >= 11 is 1.46. The van der Waals surface area contributed by atoms with Gasteiger partial charge in [-0.05, 0) is 6.42 Å². The molecule has 6 nitrogen and oxygen atoms in total. The minimum Gasteiger partial charge on any atom is -0.481 e. The maximum atomic E-state index is 11.4. The lowest BCUT2D eigenvalue weighted by atomic mass is 10.1. The average molecular weight is 257 g/mol. The summed E-state index contributed by atoms with van der Waals surface area (Å²) in [5.74, 6) is -0.920. The first kappa shape index (κ1) is 13.4. The van der Waals surface area contributed by atoms with Crippen molar-refractivity contribution >= 4 is 23.3 Å². The van der Waals surface area contributed by atoms with Gasteiger partial charge in [-0.25, -0.2) is 9.78 Å². The van der Waals surface area contributed by atoms with Crippen LogP contribution in [0, 0.1) is 0 Å². The summed E-state index contributed by atoms with van der Waals surface area (Å²) in [4.78, 5) is 26.0. The van der Waals surface area contributed by atoms with Gasteiger partial charge in [0.1, 0.15) is 0 Å². The lowest BCUT2D eigenvalue weighted by Gasteiger charge is -2.14. The zero-order valence-corrected chi connectivity index (χ0v) is 10.3. The van der Waals surface area contributed by atoms with E-state index in [-0.39, 0.29) is 18.5 Å². The largest absolute Gasteiger partial charge is 0.481 e. The van der Waals surface area contributed by atoms with E-state index in [0.717, 1.165) is 5.69 Å². The van der Waals surface area contributed by atoms with Gasteiger partial charge in [-0.1, -0.05) is 6.92 Å². The molecule has 3 N–H and O–H groups in total. The van der Waals surface area contributed by atoms with Crippen LogP contribution < -0.4 is 10.6 Å². The summed E-state index contributed by atoms with van der Waals surface area (Å²) in [6.07, 6.45) is 0.511. The highest BCUT2D eigenvalue weighted by Gasteiger charge is 2.13. The Hall–Kier alpha value is -1.63. The molecule has 0 spiro atoms. The van der Waals surface area contributed by atoms with Crippen LogP contribution in [0.4, 0.5) is 4.79 Å². The molecule has 0 aliphatic carbocycles. The highest BCUT2D eigenvalue weighted by Crippen LogP contribution is 2.00. The van der Waals surface area contributed by atoms with Crippen molar-refractivity contribution in [1.29, 1.82) is 0 Å². The molecule has 1 unspecified atom stereocenters. The fourth-order valence-corrected chi connectivity index (χ4v) is 1.80. The number of nitrogens with one attached hydrogen (secondary N) is 2. The normalized spacial score (nSPS) is 11.8. The van der Waals surface area contributed by atoms with Gasteiger partial charge in [0.25, 0.3) is 0 Å². The molecule has 0 bridgehead atoms. The molecule has 0 radical (unpaired) electrons. The van der Waals surface area contributed by atoms with Crippen LogP contribution in [0.2, 0.25) is 0 Å². The van der Waals surface area contributed by atoms with Gasteiger partial charge in [-0.15, -0.1) is 11.3 Å². The highest BCUT2D eigenvalue weighted by molar-refractivity contribution is 7.07. The number of rotatable bonds is 6. The number of amides is 2. The molecular formula is C10H15N3O3S. The molecule has 1 rings (SSSR count). The number of thiazole rings is 1. The van der Waals surface area contributed by atoms with Gasteiger partial charge < -0.3 is 15.7 Å². The minimum absolute atomic E-state index is 0.0688. The summed E-state index contributed by atoms with van der Waals surface area (Å²) in [6.45, 7) is 2.17. The minimum atomic E-state index is -0.920. The number of nitrogens with zero attached hydrogens (tertiary/aromatic N) is 1. The predicted molar refractivity (Wildman–Crippen MR) is 63.8 cm³/mol. The summed E-state index contributed by atoms with van der Waals surface area (Å²) in [5, 5.41) is 15.7. The topological polar surface area (TPSA) is 91.3 Å². The molecule has 0 aliphatic rings. The molecule has 17 heavy (non-hydrogen) atoms. The standard InChI is InChI=1S/C10H15N3O3S/c1-2-7(3-9(14)15)13-10(16)11-4-8-5-17-6-12-8/h5-7H,2-4H2,1H3,(H,14,15)(H2,11,13,16). The fraction of sp³-hybridized carbons (Fsp3) is 0.500. The van der Waals surface area contributed by atoms with Crippen LogP contribution in [0.1, 0.15) is 25.5 Å². The van der Waals surface area contributed by atoms with E-state index >= 15 is 0 Å². The summed E-state index contributed by atoms with van der Waals surface area (Å²) in [5.41, 5.74) is 2.48. The second-order valence-electron chi connectivity index (χ2n) is 3.51. The molecule has 1 atom stereocenters. The Bertz CT molecular complexity index is 367. The van der Waals surface area contributed by atoms with Crippen LogP contribution in [0.25, 0.3) is 0 Å². The quantitative estimate of drug-likeness (QED) is 0.714. The fourth-order valence-electron chi connectivity index (χ4n) is 1.24. The number of aromatic nitrogens is 1. The second-order valence-corrected chi connectivity index (χ2v) is 4.23. The number of hydrogen-bond acceptors (Lipinski definition) is 4. The van der Waals surface area contributed by atoms with Gasteiger partial charge in [-0.2, -0.15) is 0 Å². The lowest BCUT2D eigenvalue weighted by Crippen LogP contribution is -2.42. The molecular weight excluding hydrogens is 242 g/mol. The van der Waals surface area contributed by atoms with Crippen molar-refractivity contribution in [2.24, 2.45) is 0 Å². The summed E-state index contributed by atoms with van der Waals surface area (Å²) in [7, 11) is 0. The summed E-state index contributed by atoms with van der Waals surface area (Å²) < 4.78 is 0. The average Bonchev–Trinajstić information content (AvgIpc) is 2.77. The van der Waals surface area contributed by atoms with Gasteiger partial charge in [0.2, 0.25) is 0 Å². The van der Waals surface area contributed by atoms with E-state index in [1.807, 2.05) is 12.3 Å². The first-order valence-electron chi connectivity index (χ1n) is 5.25. The molecule has 1 aromatic heterocycles. The van der Waals surface area contributed by atoms with Gasteiger partial charge in [0.05, 0.1) is 24.2 Å². The number of carbonyl (C=O) groups is 2. The van der Waals surface area contributed by atoms with Crippen molar-refractivity contribution in [2.45, 2.75) is 32.4 Å². The Balaban J connectivity index is 2.30. The Morgan fingerprint density at radius 3 is 2.88 bits per heavy atom. The highest BCUT2D eigenvalue weighted by atomic mass is 32.1. The Morgan fingerprint density at radius 1 is 1.59 bits per heavy atom. The van der Waals surface area contributed by atoms with Crippen LogP contribution in [-0.4, -0.2) is 28.1 Å². The van der Waals surface area contributed by atoms with Crippen LogP contribution >= 0.6 is 11.3 Å². The molecule has 94 valence electrons. The molecule has 0 saturated heterocycles. The Kier molecular flexibility index (Phi) is 5.41. The number of carbonyl (C=O) groups excluding carboxylic acids is 1. The van der Waals surface area contributed by atoms with Crippen LogP contribution in [0.3, 0.4) is 0 Å². The number of carboxylic acid groups (broad SMARTS) is 1. The summed E-state index contributed by atoms with van der Waals surface area (Å²) in [6, 6.07) is -0.714. The van der Waals surface area contributed by atoms with Gasteiger partial charge in [0, 0.05) is 11.4 Å². The van der Waals surface area contributed by atoms with Crippen molar-refractivity contribution in [1.82, 2.24) is 15.6 Å². The van der Waals surface area contributed by atoms with Crippen molar-refractivity contribution in [3.8, 4) is 0 Å². The molecule has 0 aliphatic heterocycles. The van der Waals surface area contributed by atoms with Crippen molar-refractivity contribution in [3.05, 3.63) is 16.6 Å². The third kappa shape index (κ3) is 5.30. The Labute approximate surface area is 103 Å². The monoisotopic (exact) mass is 257 g/mol. The van der Waals surface area contributed by atoms with E-state index in [9.17, 15) is 9.59 Å². The van der Waals surface area contributed by atoms with Gasteiger partial charge in [0.15, 0.2) is 0 Å². The molecule has 1 heterocycles. The van der Waals surface area contributed by atoms with Crippen LogP contribution in [-0.2, 0) is 11.3 Å². The predicted octanol–water partition coefficient (Wildman–Crippen LogP) is 1.20. The van der Waals surface area contributed by atoms with Gasteiger partial charge in [-0.3, -0.25) is 4.79 Å². The van der Waals surface area contributed by atoms with E-state index < -0.39 is 5.97 Å². The van der Waals surface area contributed by atoms with Crippen molar-refractivity contribution in [3.63, 3.8) is 0 Å². The first-order valence-corrected chi connectivity index (χ1v) is 6.19. The molecule has 2 amide bonds. The number of aliphatic carboxylic acids is 1. The maximum absolute atomic E-state index is 11.4. The molecule has 0 aromatic carbocycles. The van der Waals surface area contributed by atoms with E-state index in [1.54, 1.807) is 5.51 Å². The SMILES string of the molecule is CCC(CC(=O)O)NC(=O)NCc1cscn1. The van der Waals surface area contributed by atoms with E-state index in [4.69, 9.17) is 5.11 Å². The third-order valence-electron chi connectivity index (χ3n) is 2.16. The van der Waals surface area contributed by atoms with E-state index in [0.29, 0.717) is 13.0 Å². The van der Waals surface area contributed by atoms with Crippen LogP contribution in [0.15, 0.2) is 10.9 Å².